The number of para-hydroxylation sites is 2. The molecule has 3 heterocycles. The number of nitrogens with zero attached hydrogens (tertiary/aromatic N) is 4. The maximum atomic E-state index is 15.5. The molecule has 0 saturated carbocycles. The molecule has 3 aliphatic heterocycles. The Morgan fingerprint density at radius 2 is 1.66 bits per heavy atom. The largest absolute Gasteiger partial charge is 0.495 e. The summed E-state index contributed by atoms with van der Waals surface area (Å²) >= 11 is 0. The molecule has 3 aromatic rings. The van der Waals surface area contributed by atoms with Crippen molar-refractivity contribution in [3.05, 3.63) is 93.5 Å². The highest BCUT2D eigenvalue weighted by Gasteiger charge is 2.79. The van der Waals surface area contributed by atoms with Gasteiger partial charge in [0.1, 0.15) is 17.9 Å². The number of ether oxygens (including phenoxy) is 2. The van der Waals surface area contributed by atoms with E-state index < -0.39 is 40.5 Å². The fraction of sp³-hybridized carbons (Fsp3) is 0.489. The Morgan fingerprint density at radius 3 is 2.33 bits per heavy atom. The Morgan fingerprint density at radius 1 is 0.983 bits per heavy atom. The molecule has 6 atom stereocenters. The highest BCUT2D eigenvalue weighted by Crippen LogP contribution is 2.57. The lowest BCUT2D eigenvalue weighted by atomic mass is 9.88. The van der Waals surface area contributed by atoms with Gasteiger partial charge in [-0.1, -0.05) is 109 Å². The smallest absolute Gasteiger partial charge is 0.419 e. The Kier molecular flexibility index (Phi) is 12.8. The van der Waals surface area contributed by atoms with Gasteiger partial charge in [0.05, 0.1) is 23.4 Å². The fourth-order valence-electron chi connectivity index (χ4n) is 9.15. The van der Waals surface area contributed by atoms with Crippen molar-refractivity contribution in [1.82, 2.24) is 4.90 Å². The van der Waals surface area contributed by atoms with Crippen molar-refractivity contribution in [2.24, 2.45) is 16.8 Å². The van der Waals surface area contributed by atoms with Gasteiger partial charge in [-0.25, -0.2) is 14.5 Å². The maximum Gasteiger partial charge on any atom is 0.419 e. The first kappa shape index (κ1) is 42.2. The predicted molar refractivity (Wildman–Crippen MR) is 221 cm³/mol. The van der Waals surface area contributed by atoms with Gasteiger partial charge in [-0.05, 0) is 49.8 Å². The van der Waals surface area contributed by atoms with Gasteiger partial charge < -0.3 is 14.8 Å². The van der Waals surface area contributed by atoms with E-state index in [0.29, 0.717) is 48.1 Å². The van der Waals surface area contributed by atoms with Gasteiger partial charge in [0.25, 0.3) is 17.5 Å². The number of fused-ring (bicyclic) bond motifs is 1. The summed E-state index contributed by atoms with van der Waals surface area (Å²) in [6, 6.07) is 16.2. The zero-order valence-corrected chi connectivity index (χ0v) is 34.5. The second-order valence-corrected chi connectivity index (χ2v) is 16.4. The number of amidine groups is 1. The Hall–Kier alpha value is -5.43. The number of hydrogen-bond acceptors (Lipinski definition) is 9. The second kappa shape index (κ2) is 17.6. The maximum absolute atomic E-state index is 15.5. The van der Waals surface area contributed by atoms with Crippen LogP contribution in [0.3, 0.4) is 0 Å². The van der Waals surface area contributed by atoms with Crippen molar-refractivity contribution in [3.63, 3.8) is 0 Å². The molecule has 3 aromatic carbocycles. The van der Waals surface area contributed by atoms with E-state index in [1.54, 1.807) is 61.5 Å². The zero-order chi connectivity index (χ0) is 41.8. The molecule has 6 rings (SSSR count). The molecular formula is C45H56N5O8+. The number of aliphatic imine (C=N–C) groups is 1. The number of carbonyl (C=O) groups is 4. The number of carbonyl (C=O) groups excluding carboxylic acids is 4. The first-order valence-electron chi connectivity index (χ1n) is 20.7. The van der Waals surface area contributed by atoms with Gasteiger partial charge in [-0.3, -0.25) is 19.7 Å². The van der Waals surface area contributed by atoms with E-state index in [0.717, 1.165) is 56.3 Å². The molecule has 13 nitrogen and oxygen atoms in total. The SMILES string of the molecule is CCCC(C)CCCCC1(CCC(C)CCC)C[N+]12C(=O)c1cc(C)c([N+](=O)[O-])cc1N=C2C(C(=O)Nc1ccccc1OC)N1C(=O)OC(c2ccccc2)C1=O. The van der Waals surface area contributed by atoms with Crippen LogP contribution in [-0.2, 0) is 14.3 Å². The summed E-state index contributed by atoms with van der Waals surface area (Å²) in [6.07, 6.45) is 6.72. The molecule has 0 bridgehead atoms. The number of unbranched alkanes of at least 4 members (excludes halogenated alkanes) is 1. The number of amides is 4. The number of quaternary nitrogens is 1. The van der Waals surface area contributed by atoms with E-state index in [1.165, 1.54) is 19.2 Å². The number of nitro benzene ring substituents is 1. The van der Waals surface area contributed by atoms with Gasteiger partial charge >= 0.3 is 12.0 Å². The van der Waals surface area contributed by atoms with Crippen LogP contribution in [0.25, 0.3) is 0 Å². The Bertz CT molecular complexity index is 2090. The molecule has 0 aliphatic carbocycles. The number of rotatable bonds is 19. The molecule has 1 N–H and O–H groups in total. The molecule has 0 radical (unpaired) electrons. The molecule has 13 heteroatoms. The highest BCUT2D eigenvalue weighted by atomic mass is 16.6. The number of methoxy groups -OCH3 is 1. The van der Waals surface area contributed by atoms with Crippen LogP contribution in [0, 0.1) is 28.9 Å². The third-order valence-corrected chi connectivity index (χ3v) is 12.3. The number of anilines is 1. The van der Waals surface area contributed by atoms with E-state index in [2.05, 4.69) is 33.0 Å². The molecule has 58 heavy (non-hydrogen) atoms. The molecule has 0 aromatic heterocycles. The van der Waals surface area contributed by atoms with Crippen molar-refractivity contribution < 1.29 is 38.1 Å². The third-order valence-electron chi connectivity index (χ3n) is 12.3. The number of benzene rings is 3. The van der Waals surface area contributed by atoms with Gasteiger partial charge in [0.15, 0.2) is 5.54 Å². The summed E-state index contributed by atoms with van der Waals surface area (Å²) < 4.78 is 10.9. The standard InChI is InChI=1S/C45H55N5O8/c1-7-16-29(3)18-14-15-24-45(25-23-30(4)17-8-2)28-50(45)40(46-35-27-36(49(55)56)31(5)26-33(35)43(50)53)38(41(51)47-34-21-12-13-22-37(34)57-6)48-42(52)39(58-44(48)54)32-19-10-9-11-20-32/h9-13,19-22,26-27,29-30,38-39H,7-8,14-18,23-25,28H2,1-6H3/p+1. The predicted octanol–water partition coefficient (Wildman–Crippen LogP) is 9.61. The first-order valence-corrected chi connectivity index (χ1v) is 20.7. The number of nitrogens with one attached hydrogen (secondary N) is 1. The van der Waals surface area contributed by atoms with Crippen LogP contribution in [0.5, 0.6) is 5.75 Å². The van der Waals surface area contributed by atoms with Crippen molar-refractivity contribution >= 4 is 46.7 Å². The fourth-order valence-corrected chi connectivity index (χ4v) is 9.15. The van der Waals surface area contributed by atoms with Crippen LogP contribution in [0.15, 0.2) is 71.7 Å². The Labute approximate surface area is 340 Å². The van der Waals surface area contributed by atoms with Crippen molar-refractivity contribution in [3.8, 4) is 5.75 Å². The highest BCUT2D eigenvalue weighted by molar-refractivity contribution is 6.21. The minimum absolute atomic E-state index is 0.00399. The first-order chi connectivity index (χ1) is 27.8. The minimum atomic E-state index is -1.77. The lowest BCUT2D eigenvalue weighted by molar-refractivity contribution is -0.648. The molecule has 6 unspecified atom stereocenters. The van der Waals surface area contributed by atoms with Gasteiger partial charge in [-0.2, -0.15) is 9.48 Å². The summed E-state index contributed by atoms with van der Waals surface area (Å²) in [7, 11) is 1.46. The summed E-state index contributed by atoms with van der Waals surface area (Å²) in [6.45, 7) is 10.7. The van der Waals surface area contributed by atoms with E-state index in [1.807, 2.05) is 0 Å². The lowest BCUT2D eigenvalue weighted by Gasteiger charge is -2.34. The minimum Gasteiger partial charge on any atom is -0.495 e. The summed E-state index contributed by atoms with van der Waals surface area (Å²) in [4.78, 5) is 76.6. The monoisotopic (exact) mass is 794 g/mol. The normalized spacial score (nSPS) is 22.5. The van der Waals surface area contributed by atoms with Crippen LogP contribution < -0.4 is 10.1 Å². The van der Waals surface area contributed by atoms with Crippen molar-refractivity contribution in [1.29, 1.82) is 0 Å². The Balaban J connectivity index is 1.54. The quantitative estimate of drug-likeness (QED) is 0.0413. The van der Waals surface area contributed by atoms with Crippen LogP contribution in [0.1, 0.15) is 119 Å². The average molecular weight is 795 g/mol. The van der Waals surface area contributed by atoms with Crippen LogP contribution in [0.2, 0.25) is 0 Å². The summed E-state index contributed by atoms with van der Waals surface area (Å²) in [5.41, 5.74) is 0.235. The number of nitro groups is 1. The second-order valence-electron chi connectivity index (χ2n) is 16.4. The van der Waals surface area contributed by atoms with Crippen LogP contribution >= 0.6 is 0 Å². The van der Waals surface area contributed by atoms with Crippen molar-refractivity contribution in [2.45, 2.75) is 117 Å². The van der Waals surface area contributed by atoms with Gasteiger partial charge in [-0.15, -0.1) is 0 Å². The number of hydrogen-bond donors (Lipinski definition) is 1. The third kappa shape index (κ3) is 8.01. The average Bonchev–Trinajstić information content (AvgIpc) is 3.77. The van der Waals surface area contributed by atoms with E-state index in [4.69, 9.17) is 14.5 Å². The summed E-state index contributed by atoms with van der Waals surface area (Å²) in [5.74, 6) is -0.765. The molecule has 2 saturated heterocycles. The van der Waals surface area contributed by atoms with Crippen LogP contribution in [-0.4, -0.2) is 69.2 Å². The number of cyclic esters (lactones) is 1. The van der Waals surface area contributed by atoms with Crippen LogP contribution in [0.4, 0.5) is 21.9 Å². The molecule has 4 amide bonds. The topological polar surface area (TPSA) is 158 Å². The van der Waals surface area contributed by atoms with E-state index in [9.17, 15) is 19.7 Å². The lowest BCUT2D eigenvalue weighted by Crippen LogP contribution is -2.62. The molecule has 308 valence electrons. The van der Waals surface area contributed by atoms with E-state index in [-0.39, 0.29) is 38.9 Å². The van der Waals surface area contributed by atoms with E-state index >= 15 is 9.59 Å². The molecule has 3 aliphatic rings. The van der Waals surface area contributed by atoms with Gasteiger partial charge in [0.2, 0.25) is 18.0 Å². The zero-order valence-electron chi connectivity index (χ0n) is 34.5. The number of aryl methyl sites for hydroxylation is 1. The number of imide groups is 1. The molecular weight excluding hydrogens is 739 g/mol. The summed E-state index contributed by atoms with van der Waals surface area (Å²) in [5, 5.41) is 15.1. The van der Waals surface area contributed by atoms with Gasteiger partial charge in [0, 0.05) is 30.0 Å². The molecule has 2 fully saturated rings. The molecule has 1 spiro atoms. The van der Waals surface area contributed by atoms with Crippen molar-refractivity contribution in [2.75, 3.05) is 19.0 Å².